The lowest BCUT2D eigenvalue weighted by Crippen LogP contribution is -2.53. The van der Waals surface area contributed by atoms with E-state index in [1.165, 1.54) is 43.6 Å². The minimum Gasteiger partial charge on any atom is -0.348 e. The van der Waals surface area contributed by atoms with E-state index in [-0.39, 0.29) is 28.7 Å². The first-order chi connectivity index (χ1) is 25.6. The standard InChI is InChI=1S/C40H40F2N8O3/c1-24-19-47(20-25(2)44-24)21-26-6-8-27(9-7-26)28-4-3-5-33(16-28)49-37-34(17-30(42)18-43-37)39(52)50(40(49)53)32-13-11-31(12-14-32)45-38(51)35-23-48-22-29(41)10-15-36(48)46-35/h3-10,15-18,22-25,31-32,44H,11-14,19-21H2,1-2H3,(H,45,51)/t24-,25+,31-,32+. The van der Waals surface area contributed by atoms with Crippen molar-refractivity contribution < 1.29 is 13.6 Å². The number of fused-ring (bicyclic) bond motifs is 2. The molecule has 0 spiro atoms. The van der Waals surface area contributed by atoms with Crippen LogP contribution in [0.3, 0.4) is 0 Å². The van der Waals surface area contributed by atoms with Crippen LogP contribution >= 0.6 is 0 Å². The lowest BCUT2D eigenvalue weighted by atomic mass is 9.90. The maximum Gasteiger partial charge on any atom is 0.337 e. The lowest BCUT2D eigenvalue weighted by Gasteiger charge is -2.36. The van der Waals surface area contributed by atoms with Gasteiger partial charge in [-0.05, 0) is 86.6 Å². The highest BCUT2D eigenvalue weighted by molar-refractivity contribution is 5.93. The fourth-order valence-electron chi connectivity index (χ4n) is 8.00. The number of carbonyl (C=O) groups excluding carboxylic acids is 1. The minimum atomic E-state index is -0.675. The topological polar surface area (TPSA) is 119 Å². The van der Waals surface area contributed by atoms with E-state index in [1.807, 2.05) is 18.2 Å². The van der Waals surface area contributed by atoms with E-state index in [4.69, 9.17) is 0 Å². The number of nitrogens with one attached hydrogen (secondary N) is 2. The van der Waals surface area contributed by atoms with Crippen LogP contribution in [0.25, 0.3) is 33.5 Å². The van der Waals surface area contributed by atoms with Crippen LogP contribution < -0.4 is 21.9 Å². The molecular formula is C40H40F2N8O3. The molecule has 2 aliphatic rings. The maximum absolute atomic E-state index is 14.6. The van der Waals surface area contributed by atoms with Crippen LogP contribution in [0.2, 0.25) is 0 Å². The Bertz CT molecular complexity index is 2440. The monoisotopic (exact) mass is 718 g/mol. The van der Waals surface area contributed by atoms with Crippen molar-refractivity contribution in [1.29, 1.82) is 0 Å². The van der Waals surface area contributed by atoms with Gasteiger partial charge in [0, 0.05) is 56.2 Å². The van der Waals surface area contributed by atoms with Gasteiger partial charge < -0.3 is 15.0 Å². The molecule has 272 valence electrons. The summed E-state index contributed by atoms with van der Waals surface area (Å²) < 4.78 is 32.3. The lowest BCUT2D eigenvalue weighted by molar-refractivity contribution is 0.0917. The first-order valence-electron chi connectivity index (χ1n) is 18.1. The highest BCUT2D eigenvalue weighted by Crippen LogP contribution is 2.29. The molecule has 11 nitrogen and oxygen atoms in total. The van der Waals surface area contributed by atoms with E-state index in [0.29, 0.717) is 49.1 Å². The molecule has 0 radical (unpaired) electrons. The summed E-state index contributed by atoms with van der Waals surface area (Å²) in [4.78, 5) is 52.2. The molecule has 2 aromatic carbocycles. The van der Waals surface area contributed by atoms with Crippen molar-refractivity contribution in [2.24, 2.45) is 0 Å². The summed E-state index contributed by atoms with van der Waals surface area (Å²) in [5.41, 5.74) is 3.11. The first kappa shape index (κ1) is 34.6. The van der Waals surface area contributed by atoms with Gasteiger partial charge in [-0.1, -0.05) is 36.4 Å². The fraction of sp³-hybridized carbons (Fsp3) is 0.325. The molecule has 2 atom stereocenters. The van der Waals surface area contributed by atoms with E-state index in [0.717, 1.165) is 43.0 Å². The highest BCUT2D eigenvalue weighted by Gasteiger charge is 2.29. The third-order valence-corrected chi connectivity index (χ3v) is 10.4. The number of nitrogens with zero attached hydrogens (tertiary/aromatic N) is 6. The number of hydrogen-bond acceptors (Lipinski definition) is 7. The number of rotatable bonds is 7. The normalized spacial score (nSPS) is 20.9. The van der Waals surface area contributed by atoms with Gasteiger partial charge in [0.1, 0.15) is 23.0 Å². The number of imidazole rings is 1. The van der Waals surface area contributed by atoms with Crippen LogP contribution in [0, 0.1) is 11.6 Å². The molecule has 13 heteroatoms. The van der Waals surface area contributed by atoms with Crippen molar-refractivity contribution in [2.75, 3.05) is 13.1 Å². The largest absolute Gasteiger partial charge is 0.348 e. The molecule has 0 bridgehead atoms. The minimum absolute atomic E-state index is 0.00890. The van der Waals surface area contributed by atoms with Gasteiger partial charge in [0.15, 0.2) is 5.65 Å². The molecule has 1 aliphatic carbocycles. The predicted molar refractivity (Wildman–Crippen MR) is 198 cm³/mol. The molecule has 53 heavy (non-hydrogen) atoms. The third kappa shape index (κ3) is 7.01. The van der Waals surface area contributed by atoms with E-state index >= 15 is 0 Å². The summed E-state index contributed by atoms with van der Waals surface area (Å²) >= 11 is 0. The summed E-state index contributed by atoms with van der Waals surface area (Å²) in [5.74, 6) is -1.50. The first-order valence-corrected chi connectivity index (χ1v) is 18.1. The van der Waals surface area contributed by atoms with Gasteiger partial charge in [-0.15, -0.1) is 0 Å². The molecule has 1 saturated heterocycles. The molecule has 2 N–H and O–H groups in total. The highest BCUT2D eigenvalue weighted by atomic mass is 19.1. The molecule has 1 aliphatic heterocycles. The molecule has 4 aromatic heterocycles. The summed E-state index contributed by atoms with van der Waals surface area (Å²) in [7, 11) is 0. The van der Waals surface area contributed by atoms with Gasteiger partial charge in [0.25, 0.3) is 11.5 Å². The summed E-state index contributed by atoms with van der Waals surface area (Å²) in [6.45, 7) is 7.25. The number of amides is 1. The second-order valence-corrected chi connectivity index (χ2v) is 14.4. The second-order valence-electron chi connectivity index (χ2n) is 14.4. The molecule has 2 fully saturated rings. The van der Waals surface area contributed by atoms with Crippen LogP contribution in [0.4, 0.5) is 8.78 Å². The van der Waals surface area contributed by atoms with Crippen molar-refractivity contribution >= 4 is 22.6 Å². The smallest absolute Gasteiger partial charge is 0.337 e. The zero-order valence-electron chi connectivity index (χ0n) is 29.5. The molecule has 1 saturated carbocycles. The van der Waals surface area contributed by atoms with E-state index in [2.05, 4.69) is 63.6 Å². The number of piperazine rings is 1. The summed E-state index contributed by atoms with van der Waals surface area (Å²) in [6.07, 6.45) is 5.61. The van der Waals surface area contributed by atoms with Crippen LogP contribution in [-0.4, -0.2) is 65.5 Å². The SMILES string of the molecule is C[C@@H]1CN(Cc2ccc(-c3cccc(-n4c(=O)n([C@H]5CC[C@@H](NC(=O)c6cn7cc(F)ccc7n6)CC5)c(=O)c5cc(F)cnc54)c3)cc2)C[C@H](C)N1. The molecule has 6 aromatic rings. The van der Waals surface area contributed by atoms with Gasteiger partial charge >= 0.3 is 5.69 Å². The summed E-state index contributed by atoms with van der Waals surface area (Å²) in [5, 5.41) is 6.57. The van der Waals surface area contributed by atoms with Crippen molar-refractivity contribution in [3.05, 3.63) is 129 Å². The molecule has 1 amide bonds. The average molecular weight is 719 g/mol. The Morgan fingerprint density at radius 1 is 0.887 bits per heavy atom. The van der Waals surface area contributed by atoms with E-state index < -0.39 is 28.9 Å². The van der Waals surface area contributed by atoms with Gasteiger partial charge in [-0.2, -0.15) is 0 Å². The van der Waals surface area contributed by atoms with Gasteiger partial charge in [0.05, 0.1) is 17.3 Å². The van der Waals surface area contributed by atoms with Crippen LogP contribution in [0.5, 0.6) is 0 Å². The second kappa shape index (κ2) is 14.1. The van der Waals surface area contributed by atoms with Crippen molar-refractivity contribution in [2.45, 2.75) is 70.2 Å². The van der Waals surface area contributed by atoms with Crippen molar-refractivity contribution in [3.8, 4) is 16.8 Å². The predicted octanol–water partition coefficient (Wildman–Crippen LogP) is 5.24. The van der Waals surface area contributed by atoms with E-state index in [9.17, 15) is 23.2 Å². The van der Waals surface area contributed by atoms with Crippen LogP contribution in [0.1, 0.15) is 61.6 Å². The fourth-order valence-corrected chi connectivity index (χ4v) is 8.00. The Hall–Kier alpha value is -5.53. The number of benzene rings is 2. The zero-order valence-corrected chi connectivity index (χ0v) is 29.5. The Kier molecular flexibility index (Phi) is 9.21. The third-order valence-electron chi connectivity index (χ3n) is 10.4. The number of carbonyl (C=O) groups is 1. The van der Waals surface area contributed by atoms with Crippen LogP contribution in [-0.2, 0) is 6.54 Å². The molecule has 0 unspecified atom stereocenters. The average Bonchev–Trinajstić information content (AvgIpc) is 3.56. The van der Waals surface area contributed by atoms with Gasteiger partial charge in [-0.25, -0.2) is 28.1 Å². The van der Waals surface area contributed by atoms with Gasteiger partial charge in [0.2, 0.25) is 0 Å². The Morgan fingerprint density at radius 3 is 2.40 bits per heavy atom. The Morgan fingerprint density at radius 2 is 1.64 bits per heavy atom. The quantitative estimate of drug-likeness (QED) is 0.232. The Labute approximate surface area is 303 Å². The molecule has 5 heterocycles. The number of pyridine rings is 2. The van der Waals surface area contributed by atoms with Crippen LogP contribution in [0.15, 0.2) is 94.9 Å². The van der Waals surface area contributed by atoms with Crippen molar-refractivity contribution in [1.82, 2.24) is 39.0 Å². The summed E-state index contributed by atoms with van der Waals surface area (Å²) in [6, 6.07) is 20.0. The molecular weight excluding hydrogens is 678 g/mol. The maximum atomic E-state index is 14.6. The molecule has 8 rings (SSSR count). The Balaban J connectivity index is 1.04. The van der Waals surface area contributed by atoms with Crippen molar-refractivity contribution in [3.63, 3.8) is 0 Å². The van der Waals surface area contributed by atoms with E-state index in [1.54, 1.807) is 6.07 Å². The number of aromatic nitrogens is 5. The number of hydrogen-bond donors (Lipinski definition) is 2. The van der Waals surface area contributed by atoms with Gasteiger partial charge in [-0.3, -0.25) is 19.1 Å². The zero-order chi connectivity index (χ0) is 36.8. The number of halogens is 2.